The highest BCUT2D eigenvalue weighted by atomic mass is 19.1. The Kier molecular flexibility index (Phi) is 6.39. The standard InChI is InChI=1S/C21H23FO4/c1-13(2)4-11-17-18(26-3)12-15(19(20(17)23)21(24)25)8-5-14-6-9-16(22)10-7-14/h4,6-7,9-10,12,23H,5,8,11H2,1-3H3,(H,24,25). The van der Waals surface area contributed by atoms with Crippen LogP contribution in [0.2, 0.25) is 0 Å². The molecular formula is C21H23FO4. The van der Waals surface area contributed by atoms with Crippen molar-refractivity contribution < 1.29 is 24.1 Å². The number of carboxylic acid groups (broad SMARTS) is 1. The number of benzene rings is 2. The topological polar surface area (TPSA) is 66.8 Å². The van der Waals surface area contributed by atoms with E-state index in [-0.39, 0.29) is 17.1 Å². The van der Waals surface area contributed by atoms with Crippen molar-refractivity contribution in [3.63, 3.8) is 0 Å². The van der Waals surface area contributed by atoms with Gasteiger partial charge in [-0.25, -0.2) is 9.18 Å². The second-order valence-electron chi connectivity index (χ2n) is 6.36. The van der Waals surface area contributed by atoms with Crippen LogP contribution in [0.1, 0.15) is 40.9 Å². The van der Waals surface area contributed by atoms with E-state index in [9.17, 15) is 19.4 Å². The van der Waals surface area contributed by atoms with E-state index in [4.69, 9.17) is 4.74 Å². The van der Waals surface area contributed by atoms with Crippen LogP contribution in [-0.4, -0.2) is 23.3 Å². The summed E-state index contributed by atoms with van der Waals surface area (Å²) in [7, 11) is 1.49. The van der Waals surface area contributed by atoms with Crippen molar-refractivity contribution in [3.05, 3.63) is 70.1 Å². The molecule has 2 rings (SSSR count). The van der Waals surface area contributed by atoms with Crippen molar-refractivity contribution in [2.75, 3.05) is 7.11 Å². The number of aromatic hydroxyl groups is 1. The van der Waals surface area contributed by atoms with E-state index in [0.29, 0.717) is 36.1 Å². The summed E-state index contributed by atoms with van der Waals surface area (Å²) in [4.78, 5) is 11.7. The lowest BCUT2D eigenvalue weighted by Gasteiger charge is -2.16. The molecule has 0 saturated carbocycles. The number of phenols is 1. The molecule has 0 fully saturated rings. The van der Waals surface area contributed by atoms with E-state index in [1.54, 1.807) is 18.2 Å². The van der Waals surface area contributed by atoms with Crippen LogP contribution in [0.4, 0.5) is 4.39 Å². The number of hydrogen-bond acceptors (Lipinski definition) is 3. The monoisotopic (exact) mass is 358 g/mol. The number of hydrogen-bond donors (Lipinski definition) is 2. The van der Waals surface area contributed by atoms with Crippen molar-refractivity contribution in [1.29, 1.82) is 0 Å². The third-order valence-corrected chi connectivity index (χ3v) is 4.19. The second-order valence-corrected chi connectivity index (χ2v) is 6.36. The first kappa shape index (κ1) is 19.5. The zero-order valence-electron chi connectivity index (χ0n) is 15.2. The van der Waals surface area contributed by atoms with Crippen LogP contribution in [-0.2, 0) is 19.3 Å². The van der Waals surface area contributed by atoms with Crippen LogP contribution in [0.15, 0.2) is 42.0 Å². The summed E-state index contributed by atoms with van der Waals surface area (Å²) in [5, 5.41) is 20.1. The molecule has 2 aromatic rings. The highest BCUT2D eigenvalue weighted by Gasteiger charge is 2.22. The largest absolute Gasteiger partial charge is 0.507 e. The van der Waals surface area contributed by atoms with Gasteiger partial charge in [-0.15, -0.1) is 0 Å². The van der Waals surface area contributed by atoms with Crippen molar-refractivity contribution in [2.45, 2.75) is 33.1 Å². The minimum atomic E-state index is -1.18. The lowest BCUT2D eigenvalue weighted by atomic mass is 9.94. The molecular weight excluding hydrogens is 335 g/mol. The maximum Gasteiger partial charge on any atom is 0.339 e. The van der Waals surface area contributed by atoms with E-state index in [1.165, 1.54) is 19.2 Å². The Morgan fingerprint density at radius 2 is 1.85 bits per heavy atom. The average molecular weight is 358 g/mol. The zero-order chi connectivity index (χ0) is 19.3. The van der Waals surface area contributed by atoms with Crippen molar-refractivity contribution in [2.24, 2.45) is 0 Å². The first-order chi connectivity index (χ1) is 12.3. The molecule has 138 valence electrons. The van der Waals surface area contributed by atoms with Crippen molar-refractivity contribution >= 4 is 5.97 Å². The summed E-state index contributed by atoms with van der Waals surface area (Å²) < 4.78 is 18.4. The van der Waals surface area contributed by atoms with Gasteiger partial charge in [-0.05, 0) is 62.4 Å². The van der Waals surface area contributed by atoms with Crippen LogP contribution >= 0.6 is 0 Å². The summed E-state index contributed by atoms with van der Waals surface area (Å²) in [6, 6.07) is 7.73. The average Bonchev–Trinajstić information content (AvgIpc) is 2.59. The number of methoxy groups -OCH3 is 1. The number of ether oxygens (including phenoxy) is 1. The molecule has 2 aromatic carbocycles. The summed E-state index contributed by atoms with van der Waals surface area (Å²) in [5.74, 6) is -1.30. The molecule has 0 bridgehead atoms. The second kappa shape index (κ2) is 8.52. The van der Waals surface area contributed by atoms with Gasteiger partial charge in [0.05, 0.1) is 7.11 Å². The molecule has 0 amide bonds. The Hall–Kier alpha value is -2.82. The van der Waals surface area contributed by atoms with Crippen molar-refractivity contribution in [1.82, 2.24) is 0 Å². The smallest absolute Gasteiger partial charge is 0.339 e. The maximum absolute atomic E-state index is 13.0. The molecule has 5 heteroatoms. The zero-order valence-corrected chi connectivity index (χ0v) is 15.2. The molecule has 4 nitrogen and oxygen atoms in total. The van der Waals surface area contributed by atoms with Crippen LogP contribution < -0.4 is 4.74 Å². The summed E-state index contributed by atoms with van der Waals surface area (Å²) in [6.07, 6.45) is 3.20. The Morgan fingerprint density at radius 3 is 2.38 bits per heavy atom. The molecule has 0 aliphatic carbocycles. The molecule has 0 spiro atoms. The lowest BCUT2D eigenvalue weighted by molar-refractivity contribution is 0.0692. The van der Waals surface area contributed by atoms with E-state index in [0.717, 1.165) is 11.1 Å². The third-order valence-electron chi connectivity index (χ3n) is 4.19. The third kappa shape index (κ3) is 4.63. The number of aromatic carboxylic acids is 1. The van der Waals surface area contributed by atoms with Crippen LogP contribution in [0.5, 0.6) is 11.5 Å². The highest BCUT2D eigenvalue weighted by Crippen LogP contribution is 2.36. The molecule has 0 heterocycles. The fourth-order valence-corrected chi connectivity index (χ4v) is 2.79. The number of allylic oxidation sites excluding steroid dienone is 2. The molecule has 0 aromatic heterocycles. The predicted octanol–water partition coefficient (Wildman–Crippen LogP) is 4.53. The van der Waals surface area contributed by atoms with E-state index >= 15 is 0 Å². The quantitative estimate of drug-likeness (QED) is 0.714. The Balaban J connectivity index is 2.41. The first-order valence-corrected chi connectivity index (χ1v) is 8.36. The van der Waals surface area contributed by atoms with Gasteiger partial charge >= 0.3 is 5.97 Å². The normalized spacial score (nSPS) is 10.5. The number of carboxylic acids is 1. The van der Waals surface area contributed by atoms with Gasteiger partial charge in [-0.3, -0.25) is 0 Å². The molecule has 0 aliphatic heterocycles. The van der Waals surface area contributed by atoms with Gasteiger partial charge in [0.2, 0.25) is 0 Å². The Labute approximate surface area is 152 Å². The van der Waals surface area contributed by atoms with Gasteiger partial charge in [0.15, 0.2) is 0 Å². The fraction of sp³-hybridized carbons (Fsp3) is 0.286. The van der Waals surface area contributed by atoms with Gasteiger partial charge in [-0.2, -0.15) is 0 Å². The number of carbonyl (C=O) groups is 1. The SMILES string of the molecule is COc1cc(CCc2ccc(F)cc2)c(C(=O)O)c(O)c1CC=C(C)C. The van der Waals surface area contributed by atoms with Gasteiger partial charge in [0.25, 0.3) is 0 Å². The Bertz CT molecular complexity index is 819. The molecule has 0 atom stereocenters. The lowest BCUT2D eigenvalue weighted by Crippen LogP contribution is -2.08. The van der Waals surface area contributed by atoms with E-state index in [2.05, 4.69) is 0 Å². The predicted molar refractivity (Wildman–Crippen MR) is 98.6 cm³/mol. The van der Waals surface area contributed by atoms with Crippen molar-refractivity contribution in [3.8, 4) is 11.5 Å². The van der Waals surface area contributed by atoms with Crippen LogP contribution in [0, 0.1) is 5.82 Å². The van der Waals surface area contributed by atoms with Gasteiger partial charge < -0.3 is 14.9 Å². The number of halogens is 1. The molecule has 0 aliphatic rings. The van der Waals surface area contributed by atoms with E-state index < -0.39 is 5.97 Å². The van der Waals surface area contributed by atoms with Gasteiger partial charge in [0.1, 0.15) is 22.9 Å². The summed E-state index contributed by atoms with van der Waals surface area (Å²) in [5.41, 5.74) is 2.78. The van der Waals surface area contributed by atoms with Crippen LogP contribution in [0.25, 0.3) is 0 Å². The molecule has 0 unspecified atom stereocenters. The highest BCUT2D eigenvalue weighted by molar-refractivity contribution is 5.93. The van der Waals surface area contributed by atoms with Gasteiger partial charge in [0, 0.05) is 5.56 Å². The molecule has 2 N–H and O–H groups in total. The van der Waals surface area contributed by atoms with Gasteiger partial charge in [-0.1, -0.05) is 23.8 Å². The van der Waals surface area contributed by atoms with Crippen LogP contribution in [0.3, 0.4) is 0 Å². The molecule has 26 heavy (non-hydrogen) atoms. The number of rotatable bonds is 7. The van der Waals surface area contributed by atoms with E-state index in [1.807, 2.05) is 19.9 Å². The summed E-state index contributed by atoms with van der Waals surface area (Å²) in [6.45, 7) is 3.86. The minimum Gasteiger partial charge on any atom is -0.507 e. The minimum absolute atomic E-state index is 0.106. The summed E-state index contributed by atoms with van der Waals surface area (Å²) >= 11 is 0. The molecule has 0 saturated heterocycles. The Morgan fingerprint density at radius 1 is 1.19 bits per heavy atom. The maximum atomic E-state index is 13.0. The number of aryl methyl sites for hydroxylation is 2. The fourth-order valence-electron chi connectivity index (χ4n) is 2.79. The first-order valence-electron chi connectivity index (χ1n) is 8.36. The molecule has 0 radical (unpaired) electrons.